The largest absolute Gasteiger partial charge is 0.383 e. The number of carbonyl (C=O) groups is 2. The fourth-order valence-corrected chi connectivity index (χ4v) is 2.89. The molecule has 2 amide bonds. The van der Waals surface area contributed by atoms with E-state index in [1.165, 1.54) is 0 Å². The van der Waals surface area contributed by atoms with Crippen molar-refractivity contribution in [2.24, 2.45) is 0 Å². The molecule has 0 radical (unpaired) electrons. The quantitative estimate of drug-likeness (QED) is 0.684. The smallest absolute Gasteiger partial charge is 0.246 e. The van der Waals surface area contributed by atoms with Crippen LogP contribution >= 0.6 is 0 Å². The number of nitrogens with zero attached hydrogens (tertiary/aromatic N) is 2. The zero-order chi connectivity index (χ0) is 18.1. The van der Waals surface area contributed by atoms with Crippen LogP contribution in [0.2, 0.25) is 0 Å². The van der Waals surface area contributed by atoms with Gasteiger partial charge in [-0.3, -0.25) is 19.4 Å². The first-order valence-electron chi connectivity index (χ1n) is 8.63. The molecule has 1 atom stereocenters. The number of benzene rings is 1. The molecule has 1 unspecified atom stereocenters. The maximum Gasteiger partial charge on any atom is 0.246 e. The Morgan fingerprint density at radius 1 is 1.12 bits per heavy atom. The topological polar surface area (TPSA) is 73.9 Å². The first kappa shape index (κ1) is 19.4. The molecule has 0 aliphatic carbocycles. The van der Waals surface area contributed by atoms with Gasteiger partial charge in [-0.25, -0.2) is 0 Å². The number of carbonyl (C=O) groups excluding carboxylic acids is 2. The molecule has 2 rings (SSSR count). The van der Waals surface area contributed by atoms with Crippen LogP contribution in [-0.4, -0.2) is 81.6 Å². The molecule has 7 heteroatoms. The van der Waals surface area contributed by atoms with E-state index in [0.29, 0.717) is 6.54 Å². The molecule has 0 aromatic heterocycles. The summed E-state index contributed by atoms with van der Waals surface area (Å²) >= 11 is 0. The normalized spacial score (nSPS) is 17.0. The highest BCUT2D eigenvalue weighted by Gasteiger charge is 2.24. The van der Waals surface area contributed by atoms with Gasteiger partial charge in [0, 0.05) is 46.9 Å². The predicted octanol–water partition coefficient (Wildman–Crippen LogP) is -0.146. The number of likely N-dealkylation sites (N-methyl/N-ethyl adjacent to an activating group) is 1. The maximum absolute atomic E-state index is 12.4. The zero-order valence-electron chi connectivity index (χ0n) is 15.0. The van der Waals surface area contributed by atoms with E-state index in [1.54, 1.807) is 14.2 Å². The third-order valence-corrected chi connectivity index (χ3v) is 4.39. The molecule has 1 aliphatic rings. The van der Waals surface area contributed by atoms with E-state index >= 15 is 0 Å². The minimum Gasteiger partial charge on any atom is -0.383 e. The van der Waals surface area contributed by atoms with Gasteiger partial charge in [-0.05, 0) is 5.56 Å². The van der Waals surface area contributed by atoms with Crippen molar-refractivity contribution >= 4 is 11.8 Å². The van der Waals surface area contributed by atoms with Crippen molar-refractivity contribution in [1.29, 1.82) is 0 Å². The summed E-state index contributed by atoms with van der Waals surface area (Å²) in [7, 11) is 3.28. The first-order chi connectivity index (χ1) is 12.1. The van der Waals surface area contributed by atoms with Crippen LogP contribution < -0.4 is 10.6 Å². The van der Waals surface area contributed by atoms with Gasteiger partial charge in [0.15, 0.2) is 0 Å². The number of nitrogens with one attached hydrogen (secondary N) is 2. The standard InChI is InChI=1S/C18H28N4O3/c1-19-18(24)17(15-6-4-3-5-7-15)20-16(23)14-22-10-8-21(9-11-22)12-13-25-2/h3-7,17H,8-14H2,1-2H3,(H,19,24)(H,20,23). The van der Waals surface area contributed by atoms with Crippen LogP contribution in [0, 0.1) is 0 Å². The van der Waals surface area contributed by atoms with Crippen molar-refractivity contribution in [3.8, 4) is 0 Å². The Kier molecular flexibility index (Phi) is 7.84. The second kappa shape index (κ2) is 10.1. The minimum absolute atomic E-state index is 0.136. The number of ether oxygens (including phenoxy) is 1. The summed E-state index contributed by atoms with van der Waals surface area (Å²) in [6, 6.07) is 8.62. The van der Waals surface area contributed by atoms with Crippen molar-refractivity contribution in [3.63, 3.8) is 0 Å². The molecule has 7 nitrogen and oxygen atoms in total. The fourth-order valence-electron chi connectivity index (χ4n) is 2.89. The molecule has 1 aromatic rings. The molecule has 1 heterocycles. The molecule has 138 valence electrons. The van der Waals surface area contributed by atoms with Crippen molar-refractivity contribution in [1.82, 2.24) is 20.4 Å². The second-order valence-electron chi connectivity index (χ2n) is 6.14. The van der Waals surface area contributed by atoms with Gasteiger partial charge in [0.05, 0.1) is 13.2 Å². The first-order valence-corrected chi connectivity index (χ1v) is 8.63. The number of hydrogen-bond donors (Lipinski definition) is 2. The minimum atomic E-state index is -0.665. The molecule has 1 aromatic carbocycles. The van der Waals surface area contributed by atoms with Crippen molar-refractivity contribution < 1.29 is 14.3 Å². The molecule has 0 bridgehead atoms. The lowest BCUT2D eigenvalue weighted by Gasteiger charge is -2.34. The summed E-state index contributed by atoms with van der Waals surface area (Å²) < 4.78 is 5.10. The van der Waals surface area contributed by atoms with Crippen molar-refractivity contribution in [3.05, 3.63) is 35.9 Å². The summed E-state index contributed by atoms with van der Waals surface area (Å²) in [6.07, 6.45) is 0. The Morgan fingerprint density at radius 2 is 1.76 bits per heavy atom. The van der Waals surface area contributed by atoms with Crippen LogP contribution in [0.25, 0.3) is 0 Å². The zero-order valence-corrected chi connectivity index (χ0v) is 15.0. The van der Waals surface area contributed by atoms with Gasteiger partial charge in [0.2, 0.25) is 11.8 Å². The van der Waals surface area contributed by atoms with Crippen LogP contribution in [0.5, 0.6) is 0 Å². The number of rotatable bonds is 8. The number of methoxy groups -OCH3 is 1. The van der Waals surface area contributed by atoms with Crippen LogP contribution in [0.4, 0.5) is 0 Å². The van der Waals surface area contributed by atoms with Gasteiger partial charge < -0.3 is 15.4 Å². The number of piperazine rings is 1. The van der Waals surface area contributed by atoms with E-state index in [1.807, 2.05) is 30.3 Å². The Labute approximate surface area is 149 Å². The van der Waals surface area contributed by atoms with Crippen molar-refractivity contribution in [2.75, 3.05) is 60.0 Å². The molecular formula is C18H28N4O3. The highest BCUT2D eigenvalue weighted by Crippen LogP contribution is 2.12. The van der Waals surface area contributed by atoms with E-state index in [-0.39, 0.29) is 11.8 Å². The Bertz CT molecular complexity index is 545. The van der Waals surface area contributed by atoms with Crippen LogP contribution in [0.1, 0.15) is 11.6 Å². The summed E-state index contributed by atoms with van der Waals surface area (Å²) in [5.41, 5.74) is 0.777. The molecule has 1 aliphatic heterocycles. The SMILES string of the molecule is CNC(=O)C(NC(=O)CN1CCN(CCOC)CC1)c1ccccc1. The molecule has 0 spiro atoms. The highest BCUT2D eigenvalue weighted by molar-refractivity contribution is 5.89. The van der Waals surface area contributed by atoms with E-state index in [0.717, 1.165) is 44.9 Å². The van der Waals surface area contributed by atoms with E-state index in [4.69, 9.17) is 4.74 Å². The van der Waals surface area contributed by atoms with Crippen LogP contribution in [-0.2, 0) is 14.3 Å². The van der Waals surface area contributed by atoms with Crippen molar-refractivity contribution in [2.45, 2.75) is 6.04 Å². The van der Waals surface area contributed by atoms with Gasteiger partial charge in [0.1, 0.15) is 6.04 Å². The summed E-state index contributed by atoms with van der Waals surface area (Å²) in [4.78, 5) is 29.0. The average molecular weight is 348 g/mol. The molecule has 1 fully saturated rings. The Morgan fingerprint density at radius 3 is 2.36 bits per heavy atom. The fraction of sp³-hybridized carbons (Fsp3) is 0.556. The summed E-state index contributed by atoms with van der Waals surface area (Å²) in [5.74, 6) is -0.355. The molecule has 25 heavy (non-hydrogen) atoms. The van der Waals surface area contributed by atoms with Crippen LogP contribution in [0.3, 0.4) is 0 Å². The van der Waals surface area contributed by atoms with E-state index in [2.05, 4.69) is 20.4 Å². The predicted molar refractivity (Wildman–Crippen MR) is 96.1 cm³/mol. The molecule has 1 saturated heterocycles. The summed E-state index contributed by atoms with van der Waals surface area (Å²) in [5, 5.41) is 5.46. The maximum atomic E-state index is 12.4. The van der Waals surface area contributed by atoms with E-state index < -0.39 is 6.04 Å². The monoisotopic (exact) mass is 348 g/mol. The molecule has 0 saturated carbocycles. The number of hydrogen-bond acceptors (Lipinski definition) is 5. The Balaban J connectivity index is 1.85. The average Bonchev–Trinajstić information content (AvgIpc) is 2.65. The van der Waals surface area contributed by atoms with Gasteiger partial charge in [0.25, 0.3) is 0 Å². The van der Waals surface area contributed by atoms with Gasteiger partial charge in [-0.1, -0.05) is 30.3 Å². The second-order valence-corrected chi connectivity index (χ2v) is 6.14. The number of amides is 2. The van der Waals surface area contributed by atoms with Gasteiger partial charge in [-0.2, -0.15) is 0 Å². The summed E-state index contributed by atoms with van der Waals surface area (Å²) in [6.45, 7) is 5.48. The van der Waals surface area contributed by atoms with E-state index in [9.17, 15) is 9.59 Å². The highest BCUT2D eigenvalue weighted by atomic mass is 16.5. The Hall–Kier alpha value is -1.96. The third kappa shape index (κ3) is 6.12. The lowest BCUT2D eigenvalue weighted by molar-refractivity contribution is -0.129. The lowest BCUT2D eigenvalue weighted by Crippen LogP contribution is -2.51. The van der Waals surface area contributed by atoms with Crippen LogP contribution in [0.15, 0.2) is 30.3 Å². The van der Waals surface area contributed by atoms with Gasteiger partial charge in [-0.15, -0.1) is 0 Å². The van der Waals surface area contributed by atoms with Gasteiger partial charge >= 0.3 is 0 Å². The third-order valence-electron chi connectivity index (χ3n) is 4.39. The molecular weight excluding hydrogens is 320 g/mol. The molecule has 2 N–H and O–H groups in total. The lowest BCUT2D eigenvalue weighted by atomic mass is 10.1.